The Balaban J connectivity index is 1.67. The van der Waals surface area contributed by atoms with E-state index in [-0.39, 0.29) is 40.6 Å². The van der Waals surface area contributed by atoms with Crippen molar-refractivity contribution in [1.29, 1.82) is 0 Å². The van der Waals surface area contributed by atoms with E-state index >= 15 is 8.78 Å². The first kappa shape index (κ1) is 29.4. The summed E-state index contributed by atoms with van der Waals surface area (Å²) in [5, 5.41) is 0.297. The van der Waals surface area contributed by atoms with Gasteiger partial charge >= 0.3 is 5.69 Å². The molecule has 44 heavy (non-hydrogen) atoms. The highest BCUT2D eigenvalue weighted by molar-refractivity contribution is 5.91. The molecule has 0 radical (unpaired) electrons. The largest absolute Gasteiger partial charge is 0.494 e. The summed E-state index contributed by atoms with van der Waals surface area (Å²) in [6.07, 6.45) is 5.11. The summed E-state index contributed by atoms with van der Waals surface area (Å²) in [5.41, 5.74) is 1.34. The minimum absolute atomic E-state index is 0.0571. The van der Waals surface area contributed by atoms with Crippen LogP contribution in [0.2, 0.25) is 0 Å². The molecule has 2 aliphatic rings. The molecule has 6 rings (SSSR count). The lowest BCUT2D eigenvalue weighted by atomic mass is 10.00. The number of carbonyl (C=O) groups is 1. The van der Waals surface area contributed by atoms with E-state index in [2.05, 4.69) is 16.5 Å². The highest BCUT2D eigenvalue weighted by Crippen LogP contribution is 2.35. The van der Waals surface area contributed by atoms with Crippen molar-refractivity contribution in [2.24, 2.45) is 0 Å². The summed E-state index contributed by atoms with van der Waals surface area (Å²) in [5.74, 6) is -1.02. The summed E-state index contributed by atoms with van der Waals surface area (Å²) in [7, 11) is 0. The van der Waals surface area contributed by atoms with E-state index in [1.54, 1.807) is 11.1 Å². The van der Waals surface area contributed by atoms with Crippen molar-refractivity contribution in [2.45, 2.75) is 52.0 Å². The van der Waals surface area contributed by atoms with Crippen LogP contribution in [0.25, 0.3) is 28.0 Å². The smallest absolute Gasteiger partial charge is 0.355 e. The summed E-state index contributed by atoms with van der Waals surface area (Å²) in [6, 6.07) is 7.09. The molecule has 2 aliphatic heterocycles. The zero-order valence-corrected chi connectivity index (χ0v) is 25.0. The van der Waals surface area contributed by atoms with Gasteiger partial charge in [-0.25, -0.2) is 23.1 Å². The molecule has 4 aromatic rings. The summed E-state index contributed by atoms with van der Waals surface area (Å²) < 4.78 is 38.6. The molecule has 1 atom stereocenters. The third-order valence-electron chi connectivity index (χ3n) is 8.30. The number of pyridine rings is 2. The molecular weight excluding hydrogens is 566 g/mol. The normalized spacial score (nSPS) is 16.9. The van der Waals surface area contributed by atoms with Crippen molar-refractivity contribution >= 4 is 22.8 Å². The maximum absolute atomic E-state index is 16.1. The van der Waals surface area contributed by atoms with E-state index < -0.39 is 17.3 Å². The van der Waals surface area contributed by atoms with Gasteiger partial charge in [0.1, 0.15) is 28.9 Å². The van der Waals surface area contributed by atoms with Gasteiger partial charge in [0, 0.05) is 37.4 Å². The van der Waals surface area contributed by atoms with Crippen LogP contribution in [0.4, 0.5) is 14.6 Å². The van der Waals surface area contributed by atoms with E-state index in [4.69, 9.17) is 9.72 Å². The number of nitrogens with zero attached hydrogens (tertiary/aromatic N) is 6. The van der Waals surface area contributed by atoms with Gasteiger partial charge < -0.3 is 14.5 Å². The molecule has 228 valence electrons. The van der Waals surface area contributed by atoms with Gasteiger partial charge in [-0.1, -0.05) is 20.4 Å². The second-order valence-electron chi connectivity index (χ2n) is 11.6. The number of halogens is 2. The molecule has 4 bridgehead atoms. The van der Waals surface area contributed by atoms with Crippen LogP contribution in [-0.2, 0) is 11.2 Å². The molecule has 5 heterocycles. The second kappa shape index (κ2) is 11.8. The molecule has 0 spiro atoms. The molecule has 0 saturated carbocycles. The lowest BCUT2D eigenvalue weighted by molar-refractivity contribution is -0.126. The fourth-order valence-electron chi connectivity index (χ4n) is 6.09. The Morgan fingerprint density at radius 3 is 2.68 bits per heavy atom. The molecular formula is C33H34F2N6O3. The number of piperazine rings is 1. The van der Waals surface area contributed by atoms with Crippen molar-refractivity contribution in [3.05, 3.63) is 82.6 Å². The maximum Gasteiger partial charge on any atom is 0.355 e. The minimum atomic E-state index is -0.766. The van der Waals surface area contributed by atoms with E-state index in [9.17, 15) is 9.59 Å². The Bertz CT molecular complexity index is 1840. The predicted molar refractivity (Wildman–Crippen MR) is 164 cm³/mol. The van der Waals surface area contributed by atoms with Gasteiger partial charge in [0.25, 0.3) is 0 Å². The van der Waals surface area contributed by atoms with Gasteiger partial charge in [-0.3, -0.25) is 9.78 Å². The summed E-state index contributed by atoms with van der Waals surface area (Å²) in [6.45, 7) is 11.0. The minimum Gasteiger partial charge on any atom is -0.494 e. The second-order valence-corrected chi connectivity index (χ2v) is 11.6. The van der Waals surface area contributed by atoms with Crippen molar-refractivity contribution < 1.29 is 18.3 Å². The molecule has 1 aromatic carbocycles. The SMILES string of the molecule is C=CC(=O)N1CCN(c2nc(=O)n3c4nc(c(F)cc24)-c2cc(ccc2F)OCCCCc2ccnc(C(C)C)c2-3)[C@@H](C)C1. The fourth-order valence-corrected chi connectivity index (χ4v) is 6.09. The third kappa shape index (κ3) is 5.20. The van der Waals surface area contributed by atoms with Gasteiger partial charge in [-0.2, -0.15) is 4.98 Å². The first-order valence-corrected chi connectivity index (χ1v) is 14.9. The highest BCUT2D eigenvalue weighted by atomic mass is 19.1. The fraction of sp³-hybridized carbons (Fsp3) is 0.364. The summed E-state index contributed by atoms with van der Waals surface area (Å²) in [4.78, 5) is 43.9. The van der Waals surface area contributed by atoms with Gasteiger partial charge in [-0.15, -0.1) is 0 Å². The zero-order chi connectivity index (χ0) is 31.1. The molecule has 0 aliphatic carbocycles. The lowest BCUT2D eigenvalue weighted by Crippen LogP contribution is -2.54. The Morgan fingerprint density at radius 2 is 1.93 bits per heavy atom. The van der Waals surface area contributed by atoms with Crippen molar-refractivity contribution in [3.8, 4) is 22.7 Å². The standard InChI is InChI=1S/C33H34F2N6O3/c1-5-27(42)39-13-14-40(20(4)18-39)31-24-17-26(35)29-23-16-22(9-10-25(23)34)44-15-7-6-8-21-11-12-36-28(19(2)3)30(21)41(32(24)37-29)33(43)38-31/h5,9-12,16-17,19-20H,1,6-8,13-15,18H2,2-4H3/t20-/m0/s1. The van der Waals surface area contributed by atoms with E-state index in [0.29, 0.717) is 61.6 Å². The average molecular weight is 601 g/mol. The topological polar surface area (TPSA) is 93.5 Å². The Hall–Kier alpha value is -4.67. The molecule has 3 aromatic heterocycles. The highest BCUT2D eigenvalue weighted by Gasteiger charge is 2.31. The molecule has 0 unspecified atom stereocenters. The lowest BCUT2D eigenvalue weighted by Gasteiger charge is -2.40. The summed E-state index contributed by atoms with van der Waals surface area (Å²) >= 11 is 0. The first-order valence-electron chi connectivity index (χ1n) is 14.9. The van der Waals surface area contributed by atoms with Crippen LogP contribution in [0.1, 0.15) is 50.8 Å². The van der Waals surface area contributed by atoms with Crippen LogP contribution in [-0.4, -0.2) is 62.6 Å². The number of fused-ring (bicyclic) bond motifs is 6. The molecule has 11 heteroatoms. The van der Waals surface area contributed by atoms with Crippen LogP contribution in [0.3, 0.4) is 0 Å². The first-order chi connectivity index (χ1) is 21.2. The van der Waals surface area contributed by atoms with Crippen LogP contribution in [0.15, 0.2) is 54.0 Å². The zero-order valence-electron chi connectivity index (χ0n) is 25.0. The molecule has 9 nitrogen and oxygen atoms in total. The van der Waals surface area contributed by atoms with E-state index in [1.165, 1.54) is 34.9 Å². The number of hydrogen-bond donors (Lipinski definition) is 0. The number of aromatic nitrogens is 4. The number of hydrogen-bond acceptors (Lipinski definition) is 7. The monoisotopic (exact) mass is 600 g/mol. The Morgan fingerprint density at radius 1 is 1.11 bits per heavy atom. The van der Waals surface area contributed by atoms with Crippen molar-refractivity contribution in [2.75, 3.05) is 31.1 Å². The van der Waals surface area contributed by atoms with Gasteiger partial charge in [-0.05, 0) is 74.1 Å². The number of rotatable bonds is 3. The number of benzene rings is 1. The Kier molecular flexibility index (Phi) is 7.87. The third-order valence-corrected chi connectivity index (χ3v) is 8.30. The quantitative estimate of drug-likeness (QED) is 0.299. The van der Waals surface area contributed by atoms with Gasteiger partial charge in [0.15, 0.2) is 5.65 Å². The van der Waals surface area contributed by atoms with Crippen LogP contribution < -0.4 is 15.3 Å². The number of anilines is 1. The maximum atomic E-state index is 16.1. The number of amides is 1. The predicted octanol–water partition coefficient (Wildman–Crippen LogP) is 5.18. The molecule has 1 amide bonds. The number of carbonyl (C=O) groups excluding carboxylic acids is 1. The van der Waals surface area contributed by atoms with Crippen LogP contribution in [0.5, 0.6) is 5.75 Å². The molecule has 0 N–H and O–H groups in total. The van der Waals surface area contributed by atoms with E-state index in [1.807, 2.05) is 31.7 Å². The number of ether oxygens (including phenoxy) is 1. The molecule has 1 fully saturated rings. The Labute approximate surface area is 253 Å². The van der Waals surface area contributed by atoms with Crippen LogP contribution in [0, 0.1) is 11.6 Å². The van der Waals surface area contributed by atoms with Crippen LogP contribution >= 0.6 is 0 Å². The molecule has 1 saturated heterocycles. The van der Waals surface area contributed by atoms with Gasteiger partial charge in [0.2, 0.25) is 5.91 Å². The van der Waals surface area contributed by atoms with Crippen molar-refractivity contribution in [1.82, 2.24) is 24.4 Å². The average Bonchev–Trinajstić information content (AvgIpc) is 3.00. The van der Waals surface area contributed by atoms with Crippen molar-refractivity contribution in [3.63, 3.8) is 0 Å². The van der Waals surface area contributed by atoms with Gasteiger partial charge in [0.05, 0.1) is 23.4 Å². The van der Waals surface area contributed by atoms with E-state index in [0.717, 1.165) is 12.0 Å². The number of aryl methyl sites for hydroxylation is 1.